The van der Waals surface area contributed by atoms with Crippen molar-refractivity contribution in [2.75, 3.05) is 28.4 Å². The summed E-state index contributed by atoms with van der Waals surface area (Å²) in [6.07, 6.45) is 7.23. The summed E-state index contributed by atoms with van der Waals surface area (Å²) in [7, 11) is 6.40. The molecule has 1 heterocycles. The Morgan fingerprint density at radius 3 is 1.69 bits per heavy atom. The number of benzene rings is 2. The predicted octanol–water partition coefficient (Wildman–Crippen LogP) is 4.44. The van der Waals surface area contributed by atoms with E-state index in [9.17, 15) is 0 Å². The third kappa shape index (κ3) is 4.95. The van der Waals surface area contributed by atoms with Crippen LogP contribution in [0.1, 0.15) is 22.8 Å². The SMILES string of the molecule is COc1ccc(/C=C/c2noc(/C=C/c3ccc(OC)c(OC)c3)n2)cc1OC. The van der Waals surface area contributed by atoms with Crippen LogP contribution in [0.5, 0.6) is 23.0 Å². The van der Waals surface area contributed by atoms with Crippen molar-refractivity contribution in [2.24, 2.45) is 0 Å². The molecule has 0 aliphatic heterocycles. The minimum atomic E-state index is 0.395. The third-order valence-electron chi connectivity index (χ3n) is 4.12. The quantitative estimate of drug-likeness (QED) is 0.559. The predicted molar refractivity (Wildman–Crippen MR) is 111 cm³/mol. The van der Waals surface area contributed by atoms with E-state index in [0.717, 1.165) is 11.1 Å². The number of ether oxygens (including phenoxy) is 4. The maximum atomic E-state index is 5.30. The normalized spacial score (nSPS) is 11.2. The topological polar surface area (TPSA) is 75.8 Å². The molecule has 29 heavy (non-hydrogen) atoms. The highest BCUT2D eigenvalue weighted by Crippen LogP contribution is 2.29. The van der Waals surface area contributed by atoms with Gasteiger partial charge in [-0.3, -0.25) is 0 Å². The van der Waals surface area contributed by atoms with E-state index in [0.29, 0.717) is 34.7 Å². The number of rotatable bonds is 8. The zero-order valence-corrected chi connectivity index (χ0v) is 16.7. The van der Waals surface area contributed by atoms with E-state index >= 15 is 0 Å². The highest BCUT2D eigenvalue weighted by Gasteiger charge is 2.05. The molecule has 0 aliphatic rings. The molecule has 0 saturated heterocycles. The van der Waals surface area contributed by atoms with Crippen LogP contribution < -0.4 is 18.9 Å². The summed E-state index contributed by atoms with van der Waals surface area (Å²) < 4.78 is 26.3. The highest BCUT2D eigenvalue weighted by molar-refractivity contribution is 5.70. The zero-order valence-electron chi connectivity index (χ0n) is 16.7. The Kier molecular flexibility index (Phi) is 6.52. The Balaban J connectivity index is 1.71. The van der Waals surface area contributed by atoms with Crippen molar-refractivity contribution in [3.63, 3.8) is 0 Å². The summed E-state index contributed by atoms with van der Waals surface area (Å²) in [6.45, 7) is 0. The van der Waals surface area contributed by atoms with Gasteiger partial charge in [0.2, 0.25) is 0 Å². The molecule has 0 amide bonds. The van der Waals surface area contributed by atoms with Crippen molar-refractivity contribution in [3.8, 4) is 23.0 Å². The van der Waals surface area contributed by atoms with Gasteiger partial charge in [-0.25, -0.2) is 0 Å². The maximum absolute atomic E-state index is 5.30. The van der Waals surface area contributed by atoms with Crippen LogP contribution >= 0.6 is 0 Å². The molecule has 7 nitrogen and oxygen atoms in total. The highest BCUT2D eigenvalue weighted by atomic mass is 16.5. The summed E-state index contributed by atoms with van der Waals surface area (Å²) in [5.41, 5.74) is 1.85. The molecule has 0 bridgehead atoms. The fourth-order valence-electron chi connectivity index (χ4n) is 2.63. The second-order valence-electron chi connectivity index (χ2n) is 5.89. The third-order valence-corrected chi connectivity index (χ3v) is 4.12. The first-order valence-electron chi connectivity index (χ1n) is 8.80. The summed E-state index contributed by atoms with van der Waals surface area (Å²) in [5, 5.41) is 3.96. The first kappa shape index (κ1) is 20.0. The van der Waals surface area contributed by atoms with E-state index in [-0.39, 0.29) is 0 Å². The Hall–Kier alpha value is -3.74. The minimum Gasteiger partial charge on any atom is -0.493 e. The van der Waals surface area contributed by atoms with Gasteiger partial charge in [0.25, 0.3) is 5.89 Å². The van der Waals surface area contributed by atoms with Crippen LogP contribution in [0.25, 0.3) is 24.3 Å². The second kappa shape index (κ2) is 9.45. The fourth-order valence-corrected chi connectivity index (χ4v) is 2.63. The number of aromatic nitrogens is 2. The Labute approximate surface area is 169 Å². The Bertz CT molecular complexity index is 944. The van der Waals surface area contributed by atoms with Crippen LogP contribution in [-0.2, 0) is 0 Å². The minimum absolute atomic E-state index is 0.395. The molecule has 150 valence electrons. The lowest BCUT2D eigenvalue weighted by molar-refractivity contribution is 0.355. The molecule has 0 atom stereocenters. The standard InChI is InChI=1S/C22H22N2O5/c1-25-17-9-5-15(13-19(17)27-3)7-11-21-23-22(29-24-21)12-8-16-6-10-18(26-2)20(14-16)28-4/h5-14H,1-4H3/b11-7+,12-8+. The van der Waals surface area contributed by atoms with Crippen molar-refractivity contribution >= 4 is 24.3 Å². The molecule has 3 rings (SSSR count). The Morgan fingerprint density at radius 2 is 1.17 bits per heavy atom. The molecule has 0 N–H and O–H groups in total. The smallest absolute Gasteiger partial charge is 0.250 e. The largest absolute Gasteiger partial charge is 0.493 e. The van der Waals surface area contributed by atoms with Crippen molar-refractivity contribution in [1.29, 1.82) is 0 Å². The second-order valence-corrected chi connectivity index (χ2v) is 5.89. The molecular weight excluding hydrogens is 372 g/mol. The lowest BCUT2D eigenvalue weighted by Gasteiger charge is -2.07. The fraction of sp³-hybridized carbons (Fsp3) is 0.182. The van der Waals surface area contributed by atoms with E-state index < -0.39 is 0 Å². The van der Waals surface area contributed by atoms with Gasteiger partial charge < -0.3 is 23.5 Å². The molecule has 2 aromatic carbocycles. The van der Waals surface area contributed by atoms with E-state index in [1.165, 1.54) is 0 Å². The van der Waals surface area contributed by atoms with Gasteiger partial charge >= 0.3 is 0 Å². The van der Waals surface area contributed by atoms with E-state index in [2.05, 4.69) is 10.1 Å². The zero-order chi connectivity index (χ0) is 20.6. The van der Waals surface area contributed by atoms with Crippen LogP contribution in [0, 0.1) is 0 Å². The Morgan fingerprint density at radius 1 is 0.655 bits per heavy atom. The number of hydrogen-bond acceptors (Lipinski definition) is 7. The van der Waals surface area contributed by atoms with Crippen LogP contribution in [0.15, 0.2) is 40.9 Å². The van der Waals surface area contributed by atoms with Gasteiger partial charge in [0.05, 0.1) is 28.4 Å². The molecule has 0 aliphatic carbocycles. The lowest BCUT2D eigenvalue weighted by Crippen LogP contribution is -1.90. The molecule has 0 fully saturated rings. The van der Waals surface area contributed by atoms with Crippen molar-refractivity contribution < 1.29 is 23.5 Å². The van der Waals surface area contributed by atoms with Gasteiger partial charge in [-0.1, -0.05) is 23.4 Å². The molecular formula is C22H22N2O5. The summed E-state index contributed by atoms with van der Waals surface area (Å²) in [4.78, 5) is 4.33. The van der Waals surface area contributed by atoms with Crippen molar-refractivity contribution in [1.82, 2.24) is 10.1 Å². The van der Waals surface area contributed by atoms with Gasteiger partial charge in [0, 0.05) is 6.08 Å². The average molecular weight is 394 g/mol. The van der Waals surface area contributed by atoms with Crippen molar-refractivity contribution in [2.45, 2.75) is 0 Å². The van der Waals surface area contributed by atoms with Gasteiger partial charge in [-0.05, 0) is 47.5 Å². The molecule has 7 heteroatoms. The number of nitrogens with zero attached hydrogens (tertiary/aromatic N) is 2. The molecule has 0 spiro atoms. The van der Waals surface area contributed by atoms with E-state index in [1.807, 2.05) is 48.6 Å². The van der Waals surface area contributed by atoms with Crippen molar-refractivity contribution in [3.05, 3.63) is 59.2 Å². The molecule has 3 aromatic rings. The molecule has 0 radical (unpaired) electrons. The van der Waals surface area contributed by atoms with Crippen LogP contribution in [0.3, 0.4) is 0 Å². The van der Waals surface area contributed by atoms with Gasteiger partial charge in [-0.15, -0.1) is 0 Å². The maximum Gasteiger partial charge on any atom is 0.250 e. The van der Waals surface area contributed by atoms with E-state index in [1.54, 1.807) is 40.6 Å². The summed E-state index contributed by atoms with van der Waals surface area (Å²) >= 11 is 0. The summed E-state index contributed by atoms with van der Waals surface area (Å²) in [5.74, 6) is 3.51. The molecule has 1 aromatic heterocycles. The number of methoxy groups -OCH3 is 4. The lowest BCUT2D eigenvalue weighted by atomic mass is 10.2. The first-order chi connectivity index (χ1) is 14.2. The molecule has 0 unspecified atom stereocenters. The summed E-state index contributed by atoms with van der Waals surface area (Å²) in [6, 6.07) is 11.2. The van der Waals surface area contributed by atoms with Gasteiger partial charge in [0.15, 0.2) is 28.8 Å². The first-order valence-corrected chi connectivity index (χ1v) is 8.80. The van der Waals surface area contributed by atoms with Crippen LogP contribution in [0.4, 0.5) is 0 Å². The van der Waals surface area contributed by atoms with Crippen LogP contribution in [-0.4, -0.2) is 38.6 Å². The van der Waals surface area contributed by atoms with Crippen LogP contribution in [0.2, 0.25) is 0 Å². The average Bonchev–Trinajstić information content (AvgIpc) is 3.23. The molecule has 0 saturated carbocycles. The number of hydrogen-bond donors (Lipinski definition) is 0. The van der Waals surface area contributed by atoms with E-state index in [4.69, 9.17) is 23.5 Å². The van der Waals surface area contributed by atoms with Gasteiger partial charge in [0.1, 0.15) is 0 Å². The monoisotopic (exact) mass is 394 g/mol. The van der Waals surface area contributed by atoms with Gasteiger partial charge in [-0.2, -0.15) is 4.98 Å².